The van der Waals surface area contributed by atoms with Gasteiger partial charge in [0.2, 0.25) is 0 Å². The smallest absolute Gasteiger partial charge is 0.405 e. The molecule has 3 nitrogen and oxygen atoms in total. The Morgan fingerprint density at radius 3 is 2.59 bits per heavy atom. The fraction of sp³-hybridized carbons (Fsp3) is 0.300. The first kappa shape index (κ1) is 13.8. The summed E-state index contributed by atoms with van der Waals surface area (Å²) in [5.41, 5.74) is 5.32. The third-order valence-corrected chi connectivity index (χ3v) is 2.25. The number of anilines is 1. The van der Waals surface area contributed by atoms with Gasteiger partial charge in [-0.2, -0.15) is 0 Å². The maximum absolute atomic E-state index is 12.1. The molecule has 0 saturated heterocycles. The van der Waals surface area contributed by atoms with Gasteiger partial charge in [0.25, 0.3) is 0 Å². The first-order chi connectivity index (χ1) is 7.83. The monoisotopic (exact) mass is 311 g/mol. The molecular weight excluding hydrogens is 303 g/mol. The number of ketones is 1. The van der Waals surface area contributed by atoms with Crippen LogP contribution in [0, 0.1) is 0 Å². The van der Waals surface area contributed by atoms with E-state index in [0.29, 0.717) is 5.33 Å². The Morgan fingerprint density at radius 2 is 2.06 bits per heavy atom. The zero-order valence-corrected chi connectivity index (χ0v) is 10.1. The summed E-state index contributed by atoms with van der Waals surface area (Å²) in [6.07, 6.45) is -4.77. The van der Waals surface area contributed by atoms with Crippen molar-refractivity contribution in [3.8, 4) is 5.75 Å². The largest absolute Gasteiger partial charge is 0.573 e. The molecule has 94 valence electrons. The van der Waals surface area contributed by atoms with Crippen LogP contribution in [-0.2, 0) is 0 Å². The SMILES string of the molecule is Nc1ccc(C(=O)CCBr)c(OC(F)(F)F)c1. The normalized spacial score (nSPS) is 11.3. The van der Waals surface area contributed by atoms with Crippen LogP contribution in [0.4, 0.5) is 18.9 Å². The van der Waals surface area contributed by atoms with Crippen LogP contribution in [0.25, 0.3) is 0 Å². The van der Waals surface area contributed by atoms with Crippen LogP contribution >= 0.6 is 15.9 Å². The molecule has 0 aliphatic carbocycles. The fourth-order valence-corrected chi connectivity index (χ4v) is 1.56. The Labute approximate surface area is 104 Å². The quantitative estimate of drug-likeness (QED) is 0.528. The highest BCUT2D eigenvalue weighted by Crippen LogP contribution is 2.29. The minimum Gasteiger partial charge on any atom is -0.405 e. The summed E-state index contributed by atoms with van der Waals surface area (Å²) in [6.45, 7) is 0. The lowest BCUT2D eigenvalue weighted by Gasteiger charge is -2.12. The maximum Gasteiger partial charge on any atom is 0.573 e. The average Bonchev–Trinajstić information content (AvgIpc) is 2.15. The summed E-state index contributed by atoms with van der Waals surface area (Å²) in [7, 11) is 0. The van der Waals surface area contributed by atoms with Gasteiger partial charge in [0.15, 0.2) is 5.78 Å². The standard InChI is InChI=1S/C10H9BrF3NO2/c11-4-3-8(16)7-2-1-6(15)5-9(7)17-10(12,13)14/h1-2,5H,3-4,15H2. The van der Waals surface area contributed by atoms with E-state index in [4.69, 9.17) is 5.73 Å². The number of benzene rings is 1. The number of halogens is 4. The van der Waals surface area contributed by atoms with Crippen LogP contribution in [0.2, 0.25) is 0 Å². The Balaban J connectivity index is 3.08. The van der Waals surface area contributed by atoms with E-state index in [0.717, 1.165) is 6.07 Å². The minimum atomic E-state index is -4.85. The van der Waals surface area contributed by atoms with Gasteiger partial charge in [0.05, 0.1) is 5.56 Å². The number of nitrogens with two attached hydrogens (primary N) is 1. The van der Waals surface area contributed by atoms with Crippen molar-refractivity contribution in [1.29, 1.82) is 0 Å². The van der Waals surface area contributed by atoms with Gasteiger partial charge in [0.1, 0.15) is 5.75 Å². The van der Waals surface area contributed by atoms with E-state index < -0.39 is 17.9 Å². The van der Waals surface area contributed by atoms with E-state index in [1.807, 2.05) is 0 Å². The molecule has 0 bridgehead atoms. The van der Waals surface area contributed by atoms with Crippen molar-refractivity contribution in [3.05, 3.63) is 23.8 Å². The molecule has 1 aromatic carbocycles. The molecular formula is C10H9BrF3NO2. The summed E-state index contributed by atoms with van der Waals surface area (Å²) in [4.78, 5) is 11.5. The van der Waals surface area contributed by atoms with Crippen molar-refractivity contribution in [1.82, 2.24) is 0 Å². The van der Waals surface area contributed by atoms with Gasteiger partial charge in [-0.1, -0.05) is 15.9 Å². The van der Waals surface area contributed by atoms with E-state index in [2.05, 4.69) is 20.7 Å². The predicted octanol–water partition coefficient (Wildman–Crippen LogP) is 3.14. The zero-order valence-electron chi connectivity index (χ0n) is 8.55. The summed E-state index contributed by atoms with van der Waals surface area (Å²) in [5, 5.41) is 0.363. The zero-order chi connectivity index (χ0) is 13.1. The van der Waals surface area contributed by atoms with Crippen molar-refractivity contribution in [3.63, 3.8) is 0 Å². The topological polar surface area (TPSA) is 52.3 Å². The summed E-state index contributed by atoms with van der Waals surface area (Å²) < 4.78 is 40.1. The highest BCUT2D eigenvalue weighted by atomic mass is 79.9. The minimum absolute atomic E-state index is 0.0815. The van der Waals surface area contributed by atoms with Crippen molar-refractivity contribution in [2.24, 2.45) is 0 Å². The van der Waals surface area contributed by atoms with Crippen LogP contribution in [0.1, 0.15) is 16.8 Å². The van der Waals surface area contributed by atoms with E-state index in [1.54, 1.807) is 0 Å². The van der Waals surface area contributed by atoms with Crippen molar-refractivity contribution >= 4 is 27.4 Å². The maximum atomic E-state index is 12.1. The Morgan fingerprint density at radius 1 is 1.41 bits per heavy atom. The number of Topliss-reactive ketones (excluding diaryl/α,β-unsaturated/α-hetero) is 1. The van der Waals surface area contributed by atoms with Crippen LogP contribution in [-0.4, -0.2) is 17.5 Å². The second kappa shape index (κ2) is 5.39. The highest BCUT2D eigenvalue weighted by molar-refractivity contribution is 9.09. The molecule has 0 aliphatic rings. The second-order valence-corrected chi connectivity index (χ2v) is 3.96. The molecule has 0 unspecified atom stereocenters. The number of hydrogen-bond donors (Lipinski definition) is 1. The number of nitrogen functional groups attached to an aromatic ring is 1. The van der Waals surface area contributed by atoms with Crippen LogP contribution < -0.4 is 10.5 Å². The number of carbonyl (C=O) groups excluding carboxylic acids is 1. The molecule has 0 atom stereocenters. The molecule has 1 rings (SSSR count). The number of carbonyl (C=O) groups is 1. The number of rotatable bonds is 4. The summed E-state index contributed by atoms with van der Waals surface area (Å²) in [5.74, 6) is -1.01. The van der Waals surface area contributed by atoms with Crippen molar-refractivity contribution in [2.45, 2.75) is 12.8 Å². The van der Waals surface area contributed by atoms with Gasteiger partial charge in [-0.3, -0.25) is 4.79 Å². The lowest BCUT2D eigenvalue weighted by atomic mass is 10.1. The van der Waals surface area contributed by atoms with Gasteiger partial charge in [0, 0.05) is 23.5 Å². The van der Waals surface area contributed by atoms with E-state index in [1.165, 1.54) is 12.1 Å². The van der Waals surface area contributed by atoms with Crippen molar-refractivity contribution < 1.29 is 22.7 Å². The van der Waals surface area contributed by atoms with E-state index >= 15 is 0 Å². The Hall–Kier alpha value is -1.24. The number of hydrogen-bond acceptors (Lipinski definition) is 3. The molecule has 0 heterocycles. The molecule has 0 spiro atoms. The average molecular weight is 312 g/mol. The van der Waals surface area contributed by atoms with E-state index in [-0.39, 0.29) is 17.7 Å². The van der Waals surface area contributed by atoms with Crippen LogP contribution in [0.3, 0.4) is 0 Å². The molecule has 0 saturated carbocycles. The Kier molecular flexibility index (Phi) is 4.39. The molecule has 2 N–H and O–H groups in total. The molecule has 0 aromatic heterocycles. The van der Waals surface area contributed by atoms with Crippen molar-refractivity contribution in [2.75, 3.05) is 11.1 Å². The fourth-order valence-electron chi connectivity index (χ4n) is 1.20. The molecule has 0 radical (unpaired) electrons. The number of alkyl halides is 4. The van der Waals surface area contributed by atoms with Gasteiger partial charge < -0.3 is 10.5 Å². The molecule has 17 heavy (non-hydrogen) atoms. The second-order valence-electron chi connectivity index (χ2n) is 3.17. The first-order valence-electron chi connectivity index (χ1n) is 4.58. The van der Waals surface area contributed by atoms with Crippen LogP contribution in [0.15, 0.2) is 18.2 Å². The van der Waals surface area contributed by atoms with Gasteiger partial charge in [-0.15, -0.1) is 13.2 Å². The van der Waals surface area contributed by atoms with Crippen LogP contribution in [0.5, 0.6) is 5.75 Å². The molecule has 0 aliphatic heterocycles. The lowest BCUT2D eigenvalue weighted by molar-refractivity contribution is -0.274. The molecule has 0 fully saturated rings. The lowest BCUT2D eigenvalue weighted by Crippen LogP contribution is -2.19. The third kappa shape index (κ3) is 4.26. The summed E-state index contributed by atoms with van der Waals surface area (Å²) in [6, 6.07) is 3.56. The predicted molar refractivity (Wildman–Crippen MR) is 60.3 cm³/mol. The van der Waals surface area contributed by atoms with E-state index in [9.17, 15) is 18.0 Å². The molecule has 1 aromatic rings. The number of ether oxygens (including phenoxy) is 1. The highest BCUT2D eigenvalue weighted by Gasteiger charge is 2.32. The first-order valence-corrected chi connectivity index (χ1v) is 5.70. The molecule has 7 heteroatoms. The van der Waals surface area contributed by atoms with Gasteiger partial charge in [-0.25, -0.2) is 0 Å². The van der Waals surface area contributed by atoms with Gasteiger partial charge in [-0.05, 0) is 12.1 Å². The molecule has 0 amide bonds. The summed E-state index contributed by atoms with van der Waals surface area (Å²) >= 11 is 3.04. The third-order valence-electron chi connectivity index (χ3n) is 1.85. The van der Waals surface area contributed by atoms with Gasteiger partial charge >= 0.3 is 6.36 Å². The Bertz CT molecular complexity index is 421.